The van der Waals surface area contributed by atoms with Crippen molar-refractivity contribution in [2.75, 3.05) is 12.3 Å². The van der Waals surface area contributed by atoms with Gasteiger partial charge in [-0.2, -0.15) is 0 Å². The summed E-state index contributed by atoms with van der Waals surface area (Å²) in [6.45, 7) is 8.80. The number of primary amides is 1. The average molecular weight is 295 g/mol. The molecule has 0 saturated carbocycles. The van der Waals surface area contributed by atoms with Gasteiger partial charge in [-0.15, -0.1) is 11.8 Å². The van der Waals surface area contributed by atoms with Crippen LogP contribution < -0.4 is 11.1 Å². The summed E-state index contributed by atoms with van der Waals surface area (Å²) < 4.78 is 0. The monoisotopic (exact) mass is 295 g/mol. The van der Waals surface area contributed by atoms with Crippen LogP contribution in [0.1, 0.15) is 37.9 Å². The molecule has 4 nitrogen and oxygen atoms in total. The van der Waals surface area contributed by atoms with E-state index in [-0.39, 0.29) is 5.91 Å². The number of thioether (sulfide) groups is 1. The molecule has 5 heteroatoms. The normalized spacial score (nSPS) is 14.0. The maximum Gasteiger partial charge on any atom is 0.237 e. The highest BCUT2D eigenvalue weighted by molar-refractivity contribution is 7.99. The minimum Gasteiger partial charge on any atom is -0.368 e. The Morgan fingerprint density at radius 1 is 1.45 bits per heavy atom. The van der Waals surface area contributed by atoms with Gasteiger partial charge >= 0.3 is 0 Å². The van der Waals surface area contributed by atoms with Crippen LogP contribution in [-0.4, -0.2) is 28.7 Å². The number of aryl methyl sites for hydroxylation is 2. The molecule has 0 saturated heterocycles. The van der Waals surface area contributed by atoms with Gasteiger partial charge in [-0.1, -0.05) is 6.92 Å². The summed E-state index contributed by atoms with van der Waals surface area (Å²) in [6.07, 6.45) is 1.68. The molecule has 1 aromatic heterocycles. The quantitative estimate of drug-likeness (QED) is 0.723. The van der Waals surface area contributed by atoms with Crippen LogP contribution in [0.15, 0.2) is 17.2 Å². The molecule has 0 fully saturated rings. The van der Waals surface area contributed by atoms with Crippen molar-refractivity contribution in [3.63, 3.8) is 0 Å². The first-order chi connectivity index (χ1) is 9.37. The largest absolute Gasteiger partial charge is 0.368 e. The van der Waals surface area contributed by atoms with Crippen LogP contribution in [0, 0.1) is 13.8 Å². The maximum atomic E-state index is 11.6. The number of nitrogens with one attached hydrogen (secondary N) is 1. The zero-order valence-electron chi connectivity index (χ0n) is 12.8. The number of aromatic nitrogens is 1. The summed E-state index contributed by atoms with van der Waals surface area (Å²) in [7, 11) is 0. The molecule has 0 bridgehead atoms. The Bertz CT molecular complexity index is 444. The van der Waals surface area contributed by atoms with E-state index in [4.69, 9.17) is 5.73 Å². The summed E-state index contributed by atoms with van der Waals surface area (Å²) in [5.74, 6) is 0.520. The predicted molar refractivity (Wildman–Crippen MR) is 84.9 cm³/mol. The SMILES string of the molecule is CCCNC(C)(CCSc1cc(C)cc(C)n1)C(N)=O. The van der Waals surface area contributed by atoms with Gasteiger partial charge in [0.05, 0.1) is 10.6 Å². The van der Waals surface area contributed by atoms with Gasteiger partial charge in [0, 0.05) is 11.4 Å². The number of amides is 1. The number of carbonyl (C=O) groups excluding carboxylic acids is 1. The van der Waals surface area contributed by atoms with E-state index in [0.717, 1.165) is 29.4 Å². The van der Waals surface area contributed by atoms with Gasteiger partial charge in [0.15, 0.2) is 0 Å². The zero-order valence-corrected chi connectivity index (χ0v) is 13.6. The van der Waals surface area contributed by atoms with Crippen molar-refractivity contribution in [1.29, 1.82) is 0 Å². The summed E-state index contributed by atoms with van der Waals surface area (Å²) in [4.78, 5) is 16.1. The predicted octanol–water partition coefficient (Wildman–Crippen LogP) is 2.42. The number of pyridine rings is 1. The topological polar surface area (TPSA) is 68.0 Å². The van der Waals surface area contributed by atoms with Crippen molar-refractivity contribution in [2.24, 2.45) is 5.73 Å². The highest BCUT2D eigenvalue weighted by atomic mass is 32.2. The molecule has 0 radical (unpaired) electrons. The van der Waals surface area contributed by atoms with Gasteiger partial charge in [0.2, 0.25) is 5.91 Å². The lowest BCUT2D eigenvalue weighted by molar-refractivity contribution is -0.123. The van der Waals surface area contributed by atoms with Crippen molar-refractivity contribution in [2.45, 2.75) is 51.1 Å². The van der Waals surface area contributed by atoms with Crippen LogP contribution >= 0.6 is 11.8 Å². The molecule has 0 spiro atoms. The van der Waals surface area contributed by atoms with Crippen molar-refractivity contribution < 1.29 is 4.79 Å². The van der Waals surface area contributed by atoms with Crippen LogP contribution in [0.3, 0.4) is 0 Å². The number of nitrogens with two attached hydrogens (primary N) is 1. The second-order valence-corrected chi connectivity index (χ2v) is 6.46. The van der Waals surface area contributed by atoms with E-state index < -0.39 is 5.54 Å². The molecule has 1 atom stereocenters. The molecular weight excluding hydrogens is 270 g/mol. The zero-order chi connectivity index (χ0) is 15.2. The molecule has 1 rings (SSSR count). The van der Waals surface area contributed by atoms with Crippen LogP contribution in [0.5, 0.6) is 0 Å². The fourth-order valence-electron chi connectivity index (χ4n) is 1.94. The lowest BCUT2D eigenvalue weighted by Crippen LogP contribution is -2.53. The molecule has 112 valence electrons. The van der Waals surface area contributed by atoms with Gasteiger partial charge in [-0.25, -0.2) is 4.98 Å². The summed E-state index contributed by atoms with van der Waals surface area (Å²) >= 11 is 1.67. The van der Waals surface area contributed by atoms with E-state index in [1.807, 2.05) is 13.8 Å². The lowest BCUT2D eigenvalue weighted by Gasteiger charge is -2.27. The third-order valence-electron chi connectivity index (χ3n) is 3.24. The lowest BCUT2D eigenvalue weighted by atomic mass is 9.98. The average Bonchev–Trinajstić information content (AvgIpc) is 2.35. The third kappa shape index (κ3) is 5.13. The summed E-state index contributed by atoms with van der Waals surface area (Å²) in [6, 6.07) is 4.12. The Morgan fingerprint density at radius 2 is 2.15 bits per heavy atom. The number of carbonyl (C=O) groups is 1. The standard InChI is InChI=1S/C15H25N3OS/c1-5-7-17-15(4,14(16)19)6-8-20-13-10-11(2)9-12(3)18-13/h9-10,17H,5-8H2,1-4H3,(H2,16,19). The molecule has 1 heterocycles. The Hall–Kier alpha value is -1.07. The molecule has 0 aliphatic rings. The highest BCUT2D eigenvalue weighted by Crippen LogP contribution is 2.21. The Balaban J connectivity index is 2.58. The number of rotatable bonds is 8. The third-order valence-corrected chi connectivity index (χ3v) is 4.15. The molecule has 1 aromatic rings. The second kappa shape index (κ2) is 7.64. The highest BCUT2D eigenvalue weighted by Gasteiger charge is 2.29. The van der Waals surface area contributed by atoms with E-state index >= 15 is 0 Å². The Kier molecular flexibility index (Phi) is 6.49. The van der Waals surface area contributed by atoms with Gasteiger partial charge < -0.3 is 11.1 Å². The van der Waals surface area contributed by atoms with Crippen molar-refractivity contribution in [3.05, 3.63) is 23.4 Å². The molecule has 20 heavy (non-hydrogen) atoms. The van der Waals surface area contributed by atoms with E-state index in [1.54, 1.807) is 11.8 Å². The number of hydrogen-bond donors (Lipinski definition) is 2. The van der Waals surface area contributed by atoms with E-state index in [9.17, 15) is 4.79 Å². The van der Waals surface area contributed by atoms with Gasteiger partial charge in [0.1, 0.15) is 0 Å². The Morgan fingerprint density at radius 3 is 2.70 bits per heavy atom. The van der Waals surface area contributed by atoms with Crippen molar-refractivity contribution in [3.8, 4) is 0 Å². The Labute approximate surface area is 125 Å². The van der Waals surface area contributed by atoms with Gasteiger partial charge in [-0.3, -0.25) is 4.79 Å². The molecule has 1 unspecified atom stereocenters. The maximum absolute atomic E-state index is 11.6. The fraction of sp³-hybridized carbons (Fsp3) is 0.600. The van der Waals surface area contributed by atoms with Gasteiger partial charge in [-0.05, 0) is 57.9 Å². The minimum atomic E-state index is -0.637. The molecule has 1 amide bonds. The van der Waals surface area contributed by atoms with Crippen molar-refractivity contribution in [1.82, 2.24) is 10.3 Å². The number of nitrogens with zero attached hydrogens (tertiary/aromatic N) is 1. The molecule has 0 aromatic carbocycles. The van der Waals surface area contributed by atoms with Crippen LogP contribution in [-0.2, 0) is 4.79 Å². The molecular formula is C15H25N3OS. The minimum absolute atomic E-state index is 0.292. The fourth-order valence-corrected chi connectivity index (χ4v) is 3.13. The first-order valence-electron chi connectivity index (χ1n) is 7.00. The first-order valence-corrected chi connectivity index (χ1v) is 7.99. The van der Waals surface area contributed by atoms with Crippen LogP contribution in [0.2, 0.25) is 0 Å². The summed E-state index contributed by atoms with van der Waals surface area (Å²) in [5.41, 5.74) is 7.11. The van der Waals surface area contributed by atoms with Gasteiger partial charge in [0.25, 0.3) is 0 Å². The molecule has 0 aliphatic carbocycles. The smallest absolute Gasteiger partial charge is 0.237 e. The number of hydrogen-bond acceptors (Lipinski definition) is 4. The molecule has 3 N–H and O–H groups in total. The van der Waals surface area contributed by atoms with E-state index in [1.165, 1.54) is 5.56 Å². The van der Waals surface area contributed by atoms with E-state index in [0.29, 0.717) is 6.42 Å². The first kappa shape index (κ1) is 17.0. The summed E-state index contributed by atoms with van der Waals surface area (Å²) in [5, 5.41) is 4.25. The van der Waals surface area contributed by atoms with Crippen LogP contribution in [0.4, 0.5) is 0 Å². The molecule has 0 aliphatic heterocycles. The van der Waals surface area contributed by atoms with E-state index in [2.05, 4.69) is 36.3 Å². The van der Waals surface area contributed by atoms with Crippen LogP contribution in [0.25, 0.3) is 0 Å². The second-order valence-electron chi connectivity index (χ2n) is 5.35. The van der Waals surface area contributed by atoms with Crippen molar-refractivity contribution >= 4 is 17.7 Å².